The number of ether oxygens (including phenoxy) is 1. The van der Waals surface area contributed by atoms with E-state index in [4.69, 9.17) is 4.74 Å². The van der Waals surface area contributed by atoms with Gasteiger partial charge < -0.3 is 10.1 Å². The summed E-state index contributed by atoms with van der Waals surface area (Å²) >= 11 is 4.95. The summed E-state index contributed by atoms with van der Waals surface area (Å²) in [6, 6.07) is 3.78. The van der Waals surface area contributed by atoms with E-state index in [2.05, 4.69) is 26.2 Å². The van der Waals surface area contributed by atoms with Crippen LogP contribution in [0.3, 0.4) is 0 Å². The predicted molar refractivity (Wildman–Crippen MR) is 76.8 cm³/mol. The van der Waals surface area contributed by atoms with Crippen molar-refractivity contribution in [3.05, 3.63) is 22.8 Å². The van der Waals surface area contributed by atoms with Crippen molar-refractivity contribution in [1.29, 1.82) is 0 Å². The lowest BCUT2D eigenvalue weighted by Gasteiger charge is -2.26. The lowest BCUT2D eigenvalue weighted by Crippen LogP contribution is -2.50. The number of esters is 1. The Labute approximate surface area is 120 Å². The number of halogens is 1. The molecule has 0 aliphatic carbocycles. The molecule has 4 nitrogen and oxygen atoms in total. The fraction of sp³-hybridized carbons (Fsp3) is 0.500. The van der Waals surface area contributed by atoms with Gasteiger partial charge in [-0.3, -0.25) is 4.79 Å². The lowest BCUT2D eigenvalue weighted by atomic mass is 10.1. The Morgan fingerprint density at radius 3 is 2.94 bits per heavy atom. The van der Waals surface area contributed by atoms with Crippen molar-refractivity contribution < 1.29 is 9.53 Å². The highest BCUT2D eigenvalue weighted by Crippen LogP contribution is 2.27. The summed E-state index contributed by atoms with van der Waals surface area (Å²) in [5, 5.41) is 3.88. The van der Waals surface area contributed by atoms with Crippen molar-refractivity contribution >= 4 is 33.7 Å². The van der Waals surface area contributed by atoms with Gasteiger partial charge in [-0.25, -0.2) is 4.98 Å². The normalized spacial score (nSPS) is 14.0. The number of hydrogen-bond acceptors (Lipinski definition) is 5. The van der Waals surface area contributed by atoms with Crippen LogP contribution in [-0.2, 0) is 9.53 Å². The van der Waals surface area contributed by atoms with E-state index in [-0.39, 0.29) is 5.97 Å². The minimum atomic E-state index is -0.711. The van der Waals surface area contributed by atoms with Gasteiger partial charge in [0.2, 0.25) is 0 Å². The van der Waals surface area contributed by atoms with E-state index in [0.717, 1.165) is 9.50 Å². The highest BCUT2D eigenvalue weighted by atomic mass is 79.9. The second kappa shape index (κ2) is 7.11. The number of aromatic nitrogens is 1. The van der Waals surface area contributed by atoms with Gasteiger partial charge in [0, 0.05) is 16.4 Å². The highest BCUT2D eigenvalue weighted by molar-refractivity contribution is 9.10. The zero-order chi connectivity index (χ0) is 13.6. The number of thioether (sulfide) groups is 1. The van der Waals surface area contributed by atoms with E-state index in [1.54, 1.807) is 20.2 Å². The van der Waals surface area contributed by atoms with Gasteiger partial charge >= 0.3 is 5.97 Å². The molecule has 1 aromatic heterocycles. The van der Waals surface area contributed by atoms with Crippen LogP contribution in [0.25, 0.3) is 0 Å². The van der Waals surface area contributed by atoms with E-state index < -0.39 is 5.54 Å². The first-order valence-corrected chi connectivity index (χ1v) is 7.41. The van der Waals surface area contributed by atoms with Gasteiger partial charge in [0.1, 0.15) is 10.6 Å². The summed E-state index contributed by atoms with van der Waals surface area (Å²) in [6.45, 7) is 4.01. The Morgan fingerprint density at radius 2 is 2.39 bits per heavy atom. The maximum Gasteiger partial charge on any atom is 0.326 e. The molecular weight excluding hydrogens is 316 g/mol. The molecule has 0 saturated heterocycles. The van der Waals surface area contributed by atoms with Crippen LogP contribution in [0.1, 0.15) is 13.8 Å². The Morgan fingerprint density at radius 1 is 1.67 bits per heavy atom. The molecule has 1 unspecified atom stereocenters. The van der Waals surface area contributed by atoms with Crippen LogP contribution in [0.5, 0.6) is 0 Å². The van der Waals surface area contributed by atoms with E-state index in [9.17, 15) is 4.79 Å². The van der Waals surface area contributed by atoms with Gasteiger partial charge in [-0.15, -0.1) is 11.8 Å². The Bertz CT molecular complexity index is 417. The molecule has 6 heteroatoms. The second-order valence-electron chi connectivity index (χ2n) is 3.88. The third-order valence-corrected chi connectivity index (χ3v) is 4.72. The topological polar surface area (TPSA) is 51.2 Å². The van der Waals surface area contributed by atoms with Gasteiger partial charge in [-0.1, -0.05) is 0 Å². The summed E-state index contributed by atoms with van der Waals surface area (Å²) in [7, 11) is 1.75. The Hall–Kier alpha value is -0.590. The number of nitrogens with one attached hydrogen (secondary N) is 1. The number of likely N-dealkylation sites (N-methyl/N-ethyl adjacent to an activating group) is 1. The molecule has 0 aliphatic heterocycles. The third-order valence-electron chi connectivity index (χ3n) is 2.50. The van der Waals surface area contributed by atoms with Crippen LogP contribution in [0, 0.1) is 0 Å². The Balaban J connectivity index is 2.70. The molecule has 18 heavy (non-hydrogen) atoms. The van der Waals surface area contributed by atoms with Crippen LogP contribution < -0.4 is 5.32 Å². The molecule has 0 saturated carbocycles. The van der Waals surface area contributed by atoms with Crippen molar-refractivity contribution in [2.75, 3.05) is 19.4 Å². The molecule has 100 valence electrons. The van der Waals surface area contributed by atoms with E-state index in [1.165, 1.54) is 11.8 Å². The number of pyridine rings is 1. The van der Waals surface area contributed by atoms with Crippen molar-refractivity contribution in [1.82, 2.24) is 10.3 Å². The van der Waals surface area contributed by atoms with Crippen molar-refractivity contribution in [2.24, 2.45) is 0 Å². The monoisotopic (exact) mass is 332 g/mol. The lowest BCUT2D eigenvalue weighted by molar-refractivity contribution is -0.149. The maximum absolute atomic E-state index is 11.9. The standard InChI is InChI=1S/C12H17BrN2O2S/c1-4-17-11(16)12(2,14-3)8-18-10-9(13)6-5-7-15-10/h5-7,14H,4,8H2,1-3H3. The fourth-order valence-corrected chi connectivity index (χ4v) is 2.84. The molecule has 0 amide bonds. The summed E-state index contributed by atoms with van der Waals surface area (Å²) in [6.07, 6.45) is 1.73. The van der Waals surface area contributed by atoms with E-state index in [1.807, 2.05) is 19.1 Å². The molecule has 1 heterocycles. The van der Waals surface area contributed by atoms with Crippen molar-refractivity contribution in [3.63, 3.8) is 0 Å². The molecule has 0 aromatic carbocycles. The van der Waals surface area contributed by atoms with E-state index >= 15 is 0 Å². The first-order chi connectivity index (χ1) is 8.53. The predicted octanol–water partition coefficient (Wildman–Crippen LogP) is 2.48. The minimum absolute atomic E-state index is 0.243. The van der Waals surface area contributed by atoms with Gasteiger partial charge in [0.15, 0.2) is 0 Å². The van der Waals surface area contributed by atoms with Crippen LogP contribution in [0.15, 0.2) is 27.8 Å². The summed E-state index contributed by atoms with van der Waals surface area (Å²) in [5.74, 6) is 0.310. The second-order valence-corrected chi connectivity index (χ2v) is 5.70. The van der Waals surface area contributed by atoms with Crippen LogP contribution in [-0.4, -0.2) is 35.9 Å². The van der Waals surface area contributed by atoms with Crippen LogP contribution >= 0.6 is 27.7 Å². The van der Waals surface area contributed by atoms with Gasteiger partial charge in [0.05, 0.1) is 6.61 Å². The number of nitrogens with zero attached hydrogens (tertiary/aromatic N) is 1. The maximum atomic E-state index is 11.9. The summed E-state index contributed by atoms with van der Waals surface area (Å²) < 4.78 is 6.00. The summed E-state index contributed by atoms with van der Waals surface area (Å²) in [4.78, 5) is 16.1. The molecular formula is C12H17BrN2O2S. The molecule has 1 N–H and O–H groups in total. The molecule has 0 bridgehead atoms. The smallest absolute Gasteiger partial charge is 0.326 e. The average Bonchev–Trinajstić information content (AvgIpc) is 2.37. The molecule has 1 aromatic rings. The number of rotatable bonds is 6. The third kappa shape index (κ3) is 3.96. The fourth-order valence-electron chi connectivity index (χ4n) is 1.21. The van der Waals surface area contributed by atoms with Gasteiger partial charge in [-0.05, 0) is 49.0 Å². The average molecular weight is 333 g/mol. The molecule has 1 atom stereocenters. The molecule has 0 aliphatic rings. The van der Waals surface area contributed by atoms with Crippen LogP contribution in [0.2, 0.25) is 0 Å². The van der Waals surface area contributed by atoms with Gasteiger partial charge in [0.25, 0.3) is 0 Å². The molecule has 1 rings (SSSR count). The molecule has 0 spiro atoms. The van der Waals surface area contributed by atoms with E-state index in [0.29, 0.717) is 12.4 Å². The summed E-state index contributed by atoms with van der Waals surface area (Å²) in [5.41, 5.74) is -0.711. The number of hydrogen-bond donors (Lipinski definition) is 1. The quantitative estimate of drug-likeness (QED) is 0.640. The first-order valence-electron chi connectivity index (χ1n) is 5.63. The largest absolute Gasteiger partial charge is 0.465 e. The van der Waals surface area contributed by atoms with Crippen molar-refractivity contribution in [3.8, 4) is 0 Å². The number of carbonyl (C=O) groups excluding carboxylic acids is 1. The van der Waals surface area contributed by atoms with Crippen LogP contribution in [0.4, 0.5) is 0 Å². The SMILES string of the molecule is CCOC(=O)C(C)(CSc1ncccc1Br)NC. The highest BCUT2D eigenvalue weighted by Gasteiger charge is 2.33. The molecule has 0 fully saturated rings. The number of carbonyl (C=O) groups is 1. The van der Waals surface area contributed by atoms with Gasteiger partial charge in [-0.2, -0.15) is 0 Å². The minimum Gasteiger partial charge on any atom is -0.465 e. The van der Waals surface area contributed by atoms with Crippen molar-refractivity contribution in [2.45, 2.75) is 24.4 Å². The molecule has 0 radical (unpaired) electrons. The zero-order valence-corrected chi connectivity index (χ0v) is 13.1. The zero-order valence-electron chi connectivity index (χ0n) is 10.7. The first kappa shape index (κ1) is 15.5. The Kier molecular flexibility index (Phi) is 6.11.